The lowest BCUT2D eigenvalue weighted by Crippen LogP contribution is -2.46. The van der Waals surface area contributed by atoms with E-state index in [0.29, 0.717) is 6.42 Å². The second kappa shape index (κ2) is 4.77. The number of nitrogens with zero attached hydrogens (tertiary/aromatic N) is 1. The van der Waals surface area contributed by atoms with Crippen molar-refractivity contribution < 1.29 is 9.59 Å². The van der Waals surface area contributed by atoms with Gasteiger partial charge in [0.25, 0.3) is 0 Å². The molecular formula is C12H21NO2. The second-order valence-electron chi connectivity index (χ2n) is 4.84. The highest BCUT2D eigenvalue weighted by atomic mass is 16.2. The average molecular weight is 211 g/mol. The van der Waals surface area contributed by atoms with Crippen molar-refractivity contribution >= 4 is 11.7 Å². The summed E-state index contributed by atoms with van der Waals surface area (Å²) in [6.45, 7) is 7.99. The Hall–Kier alpha value is -0.860. The maximum atomic E-state index is 12.1. The zero-order valence-electron chi connectivity index (χ0n) is 10.1. The third kappa shape index (κ3) is 2.58. The van der Waals surface area contributed by atoms with Crippen LogP contribution in [0.3, 0.4) is 0 Å². The first-order valence-corrected chi connectivity index (χ1v) is 5.80. The van der Waals surface area contributed by atoms with E-state index in [2.05, 4.69) is 0 Å². The fourth-order valence-electron chi connectivity index (χ4n) is 2.36. The van der Waals surface area contributed by atoms with Gasteiger partial charge in [0.2, 0.25) is 5.91 Å². The maximum absolute atomic E-state index is 12.1. The second-order valence-corrected chi connectivity index (χ2v) is 4.84. The molecule has 1 fully saturated rings. The summed E-state index contributed by atoms with van der Waals surface area (Å²) in [7, 11) is 0. The lowest BCUT2D eigenvalue weighted by molar-refractivity contribution is -0.142. The first kappa shape index (κ1) is 12.2. The van der Waals surface area contributed by atoms with Crippen molar-refractivity contribution in [1.29, 1.82) is 0 Å². The molecule has 86 valence electrons. The third-order valence-corrected chi connectivity index (χ3v) is 2.97. The van der Waals surface area contributed by atoms with E-state index in [0.717, 1.165) is 12.8 Å². The van der Waals surface area contributed by atoms with Gasteiger partial charge in [-0.25, -0.2) is 0 Å². The summed E-state index contributed by atoms with van der Waals surface area (Å²) in [5, 5.41) is 0. The van der Waals surface area contributed by atoms with Crippen LogP contribution in [0.15, 0.2) is 0 Å². The molecule has 3 nitrogen and oxygen atoms in total. The molecular weight excluding hydrogens is 190 g/mol. The Morgan fingerprint density at radius 3 is 2.13 bits per heavy atom. The molecule has 15 heavy (non-hydrogen) atoms. The molecule has 1 aliphatic rings. The van der Waals surface area contributed by atoms with E-state index in [1.807, 2.05) is 32.6 Å². The molecule has 0 aromatic heterocycles. The molecule has 0 radical (unpaired) electrons. The van der Waals surface area contributed by atoms with Gasteiger partial charge in [-0.05, 0) is 40.5 Å². The van der Waals surface area contributed by atoms with Crippen LogP contribution in [0, 0.1) is 5.92 Å². The largest absolute Gasteiger partial charge is 0.337 e. The summed E-state index contributed by atoms with van der Waals surface area (Å²) in [4.78, 5) is 25.5. The molecule has 0 heterocycles. The Bertz CT molecular complexity index is 250. The Balaban J connectivity index is 2.76. The quantitative estimate of drug-likeness (QED) is 0.670. The topological polar surface area (TPSA) is 37.4 Å². The highest BCUT2D eigenvalue weighted by molar-refractivity contribution is 6.02. The summed E-state index contributed by atoms with van der Waals surface area (Å²) in [6, 6.07) is 0.344. The molecule has 0 aromatic rings. The van der Waals surface area contributed by atoms with Crippen LogP contribution in [0.4, 0.5) is 0 Å². The zero-order chi connectivity index (χ0) is 11.6. The normalized spacial score (nSPS) is 21.5. The lowest BCUT2D eigenvalue weighted by atomic mass is 10.0. The van der Waals surface area contributed by atoms with E-state index in [1.165, 1.54) is 0 Å². The van der Waals surface area contributed by atoms with Crippen molar-refractivity contribution in [2.45, 2.75) is 59.0 Å². The molecule has 1 aliphatic carbocycles. The molecule has 0 spiro atoms. The number of carbonyl (C=O) groups is 2. The molecule has 1 atom stereocenters. The van der Waals surface area contributed by atoms with Crippen molar-refractivity contribution in [3.05, 3.63) is 0 Å². The van der Waals surface area contributed by atoms with Crippen molar-refractivity contribution in [2.75, 3.05) is 0 Å². The molecule has 1 rings (SSSR count). The minimum atomic E-state index is -0.352. The Kier molecular flexibility index (Phi) is 3.89. The molecule has 0 bridgehead atoms. The summed E-state index contributed by atoms with van der Waals surface area (Å²) in [6.07, 6.45) is 2.20. The highest BCUT2D eigenvalue weighted by Crippen LogP contribution is 2.25. The van der Waals surface area contributed by atoms with Gasteiger partial charge in [0.15, 0.2) is 0 Å². The van der Waals surface area contributed by atoms with Crippen molar-refractivity contribution in [3.63, 3.8) is 0 Å². The molecule has 1 unspecified atom stereocenters. The Morgan fingerprint density at radius 1 is 1.27 bits per heavy atom. The van der Waals surface area contributed by atoms with Crippen LogP contribution in [-0.4, -0.2) is 28.7 Å². The van der Waals surface area contributed by atoms with E-state index in [4.69, 9.17) is 0 Å². The van der Waals surface area contributed by atoms with Gasteiger partial charge >= 0.3 is 0 Å². The van der Waals surface area contributed by atoms with Crippen LogP contribution in [0.25, 0.3) is 0 Å². The minimum absolute atomic E-state index is 0.0301. The van der Waals surface area contributed by atoms with Crippen LogP contribution in [-0.2, 0) is 9.59 Å². The van der Waals surface area contributed by atoms with Crippen molar-refractivity contribution in [2.24, 2.45) is 5.92 Å². The monoisotopic (exact) mass is 211 g/mol. The molecule has 0 N–H and O–H groups in total. The number of rotatable bonds is 3. The standard InChI is InChI=1S/C12H21NO2/c1-8(2)13(9(3)4)12(15)10-6-5-7-11(10)14/h8-10H,5-7H2,1-4H3. The van der Waals surface area contributed by atoms with Gasteiger partial charge in [-0.15, -0.1) is 0 Å². The van der Waals surface area contributed by atoms with Gasteiger partial charge in [-0.3, -0.25) is 9.59 Å². The van der Waals surface area contributed by atoms with Gasteiger partial charge in [0.1, 0.15) is 5.78 Å². The number of hydrogen-bond acceptors (Lipinski definition) is 2. The number of ketones is 1. The highest BCUT2D eigenvalue weighted by Gasteiger charge is 2.35. The predicted octanol–water partition coefficient (Wildman–Crippen LogP) is 2.00. The SMILES string of the molecule is CC(C)N(C(=O)C1CCCC1=O)C(C)C. The number of amides is 1. The van der Waals surface area contributed by atoms with Crippen LogP contribution in [0.5, 0.6) is 0 Å². The van der Waals surface area contributed by atoms with Crippen LogP contribution in [0.2, 0.25) is 0 Å². The van der Waals surface area contributed by atoms with Gasteiger partial charge < -0.3 is 4.90 Å². The Morgan fingerprint density at radius 2 is 1.80 bits per heavy atom. The van der Waals surface area contributed by atoms with E-state index in [-0.39, 0.29) is 29.7 Å². The summed E-state index contributed by atoms with van der Waals surface area (Å²) in [5.74, 6) is -0.191. The fraction of sp³-hybridized carbons (Fsp3) is 0.833. The molecule has 0 aliphatic heterocycles. The van der Waals surface area contributed by atoms with Gasteiger partial charge in [-0.2, -0.15) is 0 Å². The molecule has 3 heteroatoms. The number of carbonyl (C=O) groups excluding carboxylic acids is 2. The average Bonchev–Trinajstić information content (AvgIpc) is 2.49. The first-order valence-electron chi connectivity index (χ1n) is 5.80. The van der Waals surface area contributed by atoms with Crippen molar-refractivity contribution in [3.8, 4) is 0 Å². The van der Waals surface area contributed by atoms with Gasteiger partial charge in [0, 0.05) is 18.5 Å². The third-order valence-electron chi connectivity index (χ3n) is 2.97. The summed E-state index contributed by atoms with van der Waals surface area (Å²) in [5.41, 5.74) is 0. The molecule has 0 aromatic carbocycles. The van der Waals surface area contributed by atoms with Gasteiger partial charge in [0.05, 0.1) is 5.92 Å². The summed E-state index contributed by atoms with van der Waals surface area (Å²) >= 11 is 0. The van der Waals surface area contributed by atoms with Crippen LogP contribution in [0.1, 0.15) is 47.0 Å². The summed E-state index contributed by atoms with van der Waals surface area (Å²) < 4.78 is 0. The van der Waals surface area contributed by atoms with E-state index < -0.39 is 0 Å². The predicted molar refractivity (Wildman–Crippen MR) is 59.5 cm³/mol. The maximum Gasteiger partial charge on any atom is 0.233 e. The van der Waals surface area contributed by atoms with Crippen LogP contribution < -0.4 is 0 Å². The Labute approximate surface area is 91.8 Å². The van der Waals surface area contributed by atoms with Gasteiger partial charge in [-0.1, -0.05) is 0 Å². The molecule has 0 saturated heterocycles. The first-order chi connectivity index (χ1) is 6.95. The smallest absolute Gasteiger partial charge is 0.233 e. The van der Waals surface area contributed by atoms with E-state index in [1.54, 1.807) is 0 Å². The lowest BCUT2D eigenvalue weighted by Gasteiger charge is -2.32. The number of Topliss-reactive ketones (excluding diaryl/α,β-unsaturated/α-hetero) is 1. The minimum Gasteiger partial charge on any atom is -0.337 e. The fourth-order valence-corrected chi connectivity index (χ4v) is 2.36. The number of hydrogen-bond donors (Lipinski definition) is 0. The van der Waals surface area contributed by atoms with E-state index in [9.17, 15) is 9.59 Å². The van der Waals surface area contributed by atoms with Crippen molar-refractivity contribution in [1.82, 2.24) is 4.90 Å². The van der Waals surface area contributed by atoms with E-state index >= 15 is 0 Å². The molecule has 1 saturated carbocycles. The molecule has 1 amide bonds. The van der Waals surface area contributed by atoms with Crippen LogP contribution >= 0.6 is 0 Å². The zero-order valence-corrected chi connectivity index (χ0v) is 10.1.